The van der Waals surface area contributed by atoms with Gasteiger partial charge >= 0.3 is 0 Å². The zero-order valence-electron chi connectivity index (χ0n) is 18.8. The van der Waals surface area contributed by atoms with Crippen LogP contribution in [0.25, 0.3) is 0 Å². The fraction of sp³-hybridized carbons (Fsp3) is 0.458. The molecule has 1 aliphatic heterocycles. The van der Waals surface area contributed by atoms with E-state index in [1.807, 2.05) is 0 Å². The van der Waals surface area contributed by atoms with Crippen molar-refractivity contribution < 1.29 is 4.79 Å². The molecule has 3 heterocycles. The van der Waals surface area contributed by atoms with E-state index in [1.54, 1.807) is 12.4 Å². The molecule has 0 aromatic carbocycles. The average molecular weight is 419 g/mol. The molecule has 1 saturated heterocycles. The number of anilines is 2. The molecular formula is C24H30N6O. The van der Waals surface area contributed by atoms with Crippen molar-refractivity contribution >= 4 is 17.4 Å². The molecule has 2 aromatic rings. The molecule has 1 aliphatic carbocycles. The van der Waals surface area contributed by atoms with Crippen LogP contribution in [0.1, 0.15) is 54.0 Å². The van der Waals surface area contributed by atoms with Gasteiger partial charge in [0.1, 0.15) is 11.5 Å². The van der Waals surface area contributed by atoms with Crippen LogP contribution in [0.2, 0.25) is 0 Å². The lowest BCUT2D eigenvalue weighted by atomic mass is 9.99. The third-order valence-electron chi connectivity index (χ3n) is 6.26. The number of ketones is 1. The van der Waals surface area contributed by atoms with Gasteiger partial charge in [-0.3, -0.25) is 4.79 Å². The average Bonchev–Trinajstić information content (AvgIpc) is 2.78. The molecule has 0 unspecified atom stereocenters. The van der Waals surface area contributed by atoms with Crippen LogP contribution in [0, 0.1) is 13.8 Å². The van der Waals surface area contributed by atoms with Gasteiger partial charge < -0.3 is 9.80 Å². The van der Waals surface area contributed by atoms with Gasteiger partial charge in [-0.15, -0.1) is 5.10 Å². The maximum Gasteiger partial charge on any atom is 0.179 e. The Morgan fingerprint density at radius 2 is 1.94 bits per heavy atom. The Balaban J connectivity index is 1.47. The molecule has 0 bridgehead atoms. The lowest BCUT2D eigenvalue weighted by Gasteiger charge is -2.41. The topological polar surface area (TPSA) is 75.1 Å². The lowest BCUT2D eigenvalue weighted by molar-refractivity contribution is 0.101. The smallest absolute Gasteiger partial charge is 0.179 e. The van der Waals surface area contributed by atoms with E-state index < -0.39 is 0 Å². The quantitative estimate of drug-likeness (QED) is 0.687. The van der Waals surface area contributed by atoms with Crippen molar-refractivity contribution in [3.63, 3.8) is 0 Å². The first kappa shape index (κ1) is 21.2. The summed E-state index contributed by atoms with van der Waals surface area (Å²) in [4.78, 5) is 24.7. The van der Waals surface area contributed by atoms with Gasteiger partial charge in [-0.05, 0) is 50.3 Å². The molecule has 31 heavy (non-hydrogen) atoms. The second kappa shape index (κ2) is 8.96. The Kier molecular flexibility index (Phi) is 6.11. The number of carbonyl (C=O) groups excluding carboxylic acids is 1. The van der Waals surface area contributed by atoms with E-state index in [0.29, 0.717) is 5.69 Å². The van der Waals surface area contributed by atoms with Gasteiger partial charge in [-0.25, -0.2) is 9.97 Å². The molecule has 1 atom stereocenters. The number of hydrogen-bond donors (Lipinski definition) is 0. The molecule has 2 aromatic heterocycles. The first-order valence-corrected chi connectivity index (χ1v) is 11.0. The van der Waals surface area contributed by atoms with Crippen LogP contribution < -0.4 is 9.80 Å². The molecule has 0 radical (unpaired) electrons. The molecular weight excluding hydrogens is 388 g/mol. The van der Waals surface area contributed by atoms with Crippen molar-refractivity contribution in [3.05, 3.63) is 58.7 Å². The van der Waals surface area contributed by atoms with E-state index in [9.17, 15) is 4.79 Å². The predicted octanol–water partition coefficient (Wildman–Crippen LogP) is 3.62. The van der Waals surface area contributed by atoms with Crippen LogP contribution in [-0.4, -0.2) is 51.6 Å². The summed E-state index contributed by atoms with van der Waals surface area (Å²) >= 11 is 0. The zero-order valence-corrected chi connectivity index (χ0v) is 18.8. The van der Waals surface area contributed by atoms with Gasteiger partial charge in [0.2, 0.25) is 0 Å². The number of piperazine rings is 1. The van der Waals surface area contributed by atoms with E-state index >= 15 is 0 Å². The number of aromatic nitrogens is 4. The van der Waals surface area contributed by atoms with Gasteiger partial charge in [0, 0.05) is 39.0 Å². The Morgan fingerprint density at radius 3 is 2.58 bits per heavy atom. The van der Waals surface area contributed by atoms with Crippen LogP contribution in [0.4, 0.5) is 11.6 Å². The normalized spacial score (nSPS) is 18.8. The fourth-order valence-electron chi connectivity index (χ4n) is 4.24. The number of nitrogens with zero attached hydrogens (tertiary/aromatic N) is 6. The Labute approximate surface area is 183 Å². The summed E-state index contributed by atoms with van der Waals surface area (Å²) < 4.78 is 0. The molecule has 7 nitrogen and oxygen atoms in total. The number of hydrogen-bond acceptors (Lipinski definition) is 7. The first-order chi connectivity index (χ1) is 14.9. The third kappa shape index (κ3) is 4.50. The second-order valence-electron chi connectivity index (χ2n) is 8.46. The Morgan fingerprint density at radius 1 is 1.10 bits per heavy atom. The van der Waals surface area contributed by atoms with Crippen molar-refractivity contribution in [3.8, 4) is 0 Å². The second-order valence-corrected chi connectivity index (χ2v) is 8.46. The highest BCUT2D eigenvalue weighted by Crippen LogP contribution is 2.27. The number of allylic oxidation sites excluding steroid dienone is 4. The molecule has 162 valence electrons. The van der Waals surface area contributed by atoms with Crippen LogP contribution >= 0.6 is 0 Å². The molecule has 7 heteroatoms. The maximum absolute atomic E-state index is 11.5. The monoisotopic (exact) mass is 418 g/mol. The van der Waals surface area contributed by atoms with Crippen LogP contribution in [0.3, 0.4) is 0 Å². The number of carbonyl (C=O) groups is 1. The maximum atomic E-state index is 11.5. The highest BCUT2D eigenvalue weighted by atomic mass is 16.1. The van der Waals surface area contributed by atoms with E-state index in [4.69, 9.17) is 0 Å². The molecule has 0 amide bonds. The first-order valence-electron chi connectivity index (χ1n) is 11.0. The van der Waals surface area contributed by atoms with Crippen molar-refractivity contribution in [1.29, 1.82) is 0 Å². The molecule has 0 N–H and O–H groups in total. The summed E-state index contributed by atoms with van der Waals surface area (Å²) in [6.45, 7) is 10.5. The van der Waals surface area contributed by atoms with Crippen molar-refractivity contribution in [2.24, 2.45) is 0 Å². The van der Waals surface area contributed by atoms with Crippen molar-refractivity contribution in [2.45, 2.75) is 53.0 Å². The van der Waals surface area contributed by atoms with Gasteiger partial charge in [-0.2, -0.15) is 5.10 Å². The SMILES string of the molecule is CC(=O)c1cnc(N2CCN(c3nnc(CC4=CCCC=C4)c(C)c3C)C[C@H]2C)cn1. The standard InChI is InChI=1S/C24H30N6O/c1-16-15-29(10-11-30(16)23-14-25-22(13-26-23)19(4)31)24-18(3)17(2)21(27-28-24)12-20-8-6-5-7-9-20/h6,8-9,13-14,16H,5,7,10-12,15H2,1-4H3/t16-/m1/s1. The third-order valence-corrected chi connectivity index (χ3v) is 6.26. The van der Waals surface area contributed by atoms with E-state index in [2.05, 4.69) is 69.0 Å². The molecule has 1 fully saturated rings. The van der Waals surface area contributed by atoms with Crippen molar-refractivity contribution in [1.82, 2.24) is 20.2 Å². The fourth-order valence-corrected chi connectivity index (χ4v) is 4.24. The summed E-state index contributed by atoms with van der Waals surface area (Å²) in [7, 11) is 0. The minimum absolute atomic E-state index is 0.0689. The number of rotatable bonds is 5. The Hall–Kier alpha value is -3.09. The highest BCUT2D eigenvalue weighted by molar-refractivity contribution is 5.91. The summed E-state index contributed by atoms with van der Waals surface area (Å²) in [6, 6.07) is 0.241. The molecule has 2 aliphatic rings. The molecule has 0 saturated carbocycles. The van der Waals surface area contributed by atoms with Gasteiger partial charge in [0.25, 0.3) is 0 Å². The largest absolute Gasteiger partial charge is 0.351 e. The van der Waals surface area contributed by atoms with E-state index in [-0.39, 0.29) is 11.8 Å². The molecule has 0 spiro atoms. The Bertz CT molecular complexity index is 1030. The summed E-state index contributed by atoms with van der Waals surface area (Å²) in [5.41, 5.74) is 5.22. The van der Waals surface area contributed by atoms with Gasteiger partial charge in [0.05, 0.1) is 18.1 Å². The molecule has 4 rings (SSSR count). The van der Waals surface area contributed by atoms with Gasteiger partial charge in [0.15, 0.2) is 11.6 Å². The van der Waals surface area contributed by atoms with Crippen LogP contribution in [-0.2, 0) is 6.42 Å². The number of Topliss-reactive ketones (excluding diaryl/α,β-unsaturated/α-hetero) is 1. The lowest BCUT2D eigenvalue weighted by Crippen LogP contribution is -2.53. The van der Waals surface area contributed by atoms with Gasteiger partial charge in [-0.1, -0.05) is 18.2 Å². The van der Waals surface area contributed by atoms with Crippen LogP contribution in [0.5, 0.6) is 0 Å². The summed E-state index contributed by atoms with van der Waals surface area (Å²) in [6.07, 6.45) is 13.1. The summed E-state index contributed by atoms with van der Waals surface area (Å²) in [5.74, 6) is 1.71. The minimum atomic E-state index is -0.0689. The van der Waals surface area contributed by atoms with E-state index in [0.717, 1.165) is 56.2 Å². The zero-order chi connectivity index (χ0) is 22.0. The van der Waals surface area contributed by atoms with E-state index in [1.165, 1.54) is 23.6 Å². The van der Waals surface area contributed by atoms with Crippen LogP contribution in [0.15, 0.2) is 36.2 Å². The van der Waals surface area contributed by atoms with Crippen molar-refractivity contribution in [2.75, 3.05) is 29.4 Å². The highest BCUT2D eigenvalue weighted by Gasteiger charge is 2.27. The minimum Gasteiger partial charge on any atom is -0.351 e. The summed E-state index contributed by atoms with van der Waals surface area (Å²) in [5, 5.41) is 9.23. The predicted molar refractivity (Wildman–Crippen MR) is 123 cm³/mol.